The topological polar surface area (TPSA) is 63.3 Å². The van der Waals surface area contributed by atoms with Crippen molar-refractivity contribution in [2.24, 2.45) is 0 Å². The fraction of sp³-hybridized carbons (Fsp3) is 0. The standard InChI is InChI=1S/C13H10FNO2/c14-10-6-3-5-9(12(10)15)13(17)8-4-1-2-7-11(8)16/h1-7,16H,15H2. The molecule has 0 amide bonds. The Balaban J connectivity index is 2.52. The smallest absolute Gasteiger partial charge is 0.198 e. The third-order valence-electron chi connectivity index (χ3n) is 2.45. The van der Waals surface area contributed by atoms with Crippen molar-refractivity contribution in [3.8, 4) is 5.75 Å². The van der Waals surface area contributed by atoms with Crippen molar-refractivity contribution in [2.75, 3.05) is 5.73 Å². The number of phenolic OH excluding ortho intramolecular Hbond substituents is 1. The first kappa shape index (κ1) is 11.1. The molecule has 0 atom stereocenters. The lowest BCUT2D eigenvalue weighted by atomic mass is 10.0. The minimum Gasteiger partial charge on any atom is -0.507 e. The minimum absolute atomic E-state index is 0.0477. The average molecular weight is 231 g/mol. The number of aromatic hydroxyl groups is 1. The van der Waals surface area contributed by atoms with E-state index < -0.39 is 11.6 Å². The zero-order valence-corrected chi connectivity index (χ0v) is 8.85. The number of phenols is 1. The second-order valence-electron chi connectivity index (χ2n) is 3.55. The van der Waals surface area contributed by atoms with Gasteiger partial charge in [-0.1, -0.05) is 18.2 Å². The number of nitrogen functional groups attached to an aromatic ring is 1. The quantitative estimate of drug-likeness (QED) is 0.616. The van der Waals surface area contributed by atoms with Crippen LogP contribution in [0, 0.1) is 5.82 Å². The summed E-state index contributed by atoms with van der Waals surface area (Å²) in [4.78, 5) is 12.0. The highest BCUT2D eigenvalue weighted by atomic mass is 19.1. The number of ketones is 1. The van der Waals surface area contributed by atoms with Gasteiger partial charge in [-0.2, -0.15) is 0 Å². The molecule has 0 unspecified atom stereocenters. The van der Waals surface area contributed by atoms with E-state index in [-0.39, 0.29) is 22.6 Å². The highest BCUT2D eigenvalue weighted by Gasteiger charge is 2.17. The van der Waals surface area contributed by atoms with Gasteiger partial charge in [-0.15, -0.1) is 0 Å². The van der Waals surface area contributed by atoms with Crippen molar-refractivity contribution in [3.63, 3.8) is 0 Å². The predicted molar refractivity (Wildman–Crippen MR) is 62.4 cm³/mol. The molecule has 2 aromatic rings. The number of rotatable bonds is 2. The Morgan fingerprint density at radius 3 is 2.41 bits per heavy atom. The summed E-state index contributed by atoms with van der Waals surface area (Å²) in [7, 11) is 0. The molecule has 0 spiro atoms. The molecule has 0 heterocycles. The first-order chi connectivity index (χ1) is 8.11. The molecular weight excluding hydrogens is 221 g/mol. The molecule has 0 aliphatic carbocycles. The van der Waals surface area contributed by atoms with Crippen LogP contribution < -0.4 is 5.73 Å². The van der Waals surface area contributed by atoms with Crippen molar-refractivity contribution in [1.29, 1.82) is 0 Å². The van der Waals surface area contributed by atoms with E-state index in [1.54, 1.807) is 12.1 Å². The van der Waals surface area contributed by atoms with Gasteiger partial charge in [0, 0.05) is 5.56 Å². The van der Waals surface area contributed by atoms with Crippen molar-refractivity contribution in [1.82, 2.24) is 0 Å². The number of carbonyl (C=O) groups excluding carboxylic acids is 1. The van der Waals surface area contributed by atoms with E-state index in [2.05, 4.69) is 0 Å². The van der Waals surface area contributed by atoms with Crippen molar-refractivity contribution >= 4 is 11.5 Å². The molecule has 2 rings (SSSR count). The maximum absolute atomic E-state index is 13.2. The summed E-state index contributed by atoms with van der Waals surface area (Å²) in [5, 5.41) is 9.55. The van der Waals surface area contributed by atoms with E-state index in [0.29, 0.717) is 0 Å². The number of benzene rings is 2. The molecule has 3 N–H and O–H groups in total. The van der Waals surface area contributed by atoms with Crippen molar-refractivity contribution < 1.29 is 14.3 Å². The van der Waals surface area contributed by atoms with E-state index in [9.17, 15) is 14.3 Å². The average Bonchev–Trinajstić information content (AvgIpc) is 2.32. The molecule has 3 nitrogen and oxygen atoms in total. The van der Waals surface area contributed by atoms with Gasteiger partial charge in [0.15, 0.2) is 5.78 Å². The summed E-state index contributed by atoms with van der Waals surface area (Å²) in [5.41, 5.74) is 5.44. The number of para-hydroxylation sites is 2. The lowest BCUT2D eigenvalue weighted by molar-refractivity contribution is 0.103. The van der Waals surface area contributed by atoms with Gasteiger partial charge in [0.05, 0.1) is 11.3 Å². The molecule has 0 saturated carbocycles. The molecule has 0 radical (unpaired) electrons. The van der Waals surface area contributed by atoms with E-state index >= 15 is 0 Å². The first-order valence-corrected chi connectivity index (χ1v) is 4.98. The van der Waals surface area contributed by atoms with Crippen molar-refractivity contribution in [3.05, 3.63) is 59.4 Å². The van der Waals surface area contributed by atoms with Crippen LogP contribution in [0.15, 0.2) is 42.5 Å². The Kier molecular flexibility index (Phi) is 2.78. The normalized spacial score (nSPS) is 10.2. The summed E-state index contributed by atoms with van der Waals surface area (Å²) in [6, 6.07) is 10.1. The fourth-order valence-electron chi connectivity index (χ4n) is 1.55. The SMILES string of the molecule is Nc1c(F)cccc1C(=O)c1ccccc1O. The van der Waals surface area contributed by atoms with Crippen molar-refractivity contribution in [2.45, 2.75) is 0 Å². The van der Waals surface area contributed by atoms with Crippen LogP contribution in [-0.4, -0.2) is 10.9 Å². The molecule has 0 aliphatic rings. The third kappa shape index (κ3) is 1.97. The second-order valence-corrected chi connectivity index (χ2v) is 3.55. The number of nitrogens with two attached hydrogens (primary N) is 1. The van der Waals surface area contributed by atoms with Gasteiger partial charge in [-0.05, 0) is 24.3 Å². The Labute approximate surface area is 97.3 Å². The molecule has 0 saturated heterocycles. The van der Waals surface area contributed by atoms with Crippen LogP contribution in [0.2, 0.25) is 0 Å². The zero-order valence-electron chi connectivity index (χ0n) is 8.85. The second kappa shape index (κ2) is 4.25. The molecule has 0 fully saturated rings. The molecule has 0 aliphatic heterocycles. The summed E-state index contributed by atoms with van der Waals surface area (Å²) in [6.45, 7) is 0. The van der Waals surface area contributed by atoms with Crippen LogP contribution in [0.25, 0.3) is 0 Å². The Morgan fingerprint density at radius 1 is 1.06 bits per heavy atom. The molecule has 4 heteroatoms. The molecule has 0 aromatic heterocycles. The predicted octanol–water partition coefficient (Wildman–Crippen LogP) is 2.34. The molecule has 2 aromatic carbocycles. The van der Waals surface area contributed by atoms with Crippen LogP contribution in [0.4, 0.5) is 10.1 Å². The number of carbonyl (C=O) groups is 1. The fourth-order valence-corrected chi connectivity index (χ4v) is 1.55. The van der Waals surface area contributed by atoms with E-state index in [0.717, 1.165) is 0 Å². The first-order valence-electron chi connectivity index (χ1n) is 4.98. The van der Waals surface area contributed by atoms with Crippen LogP contribution in [0.3, 0.4) is 0 Å². The maximum Gasteiger partial charge on any atom is 0.198 e. The Hall–Kier alpha value is -2.36. The summed E-state index contributed by atoms with van der Waals surface area (Å²) < 4.78 is 13.2. The van der Waals surface area contributed by atoms with Gasteiger partial charge in [0.25, 0.3) is 0 Å². The van der Waals surface area contributed by atoms with Crippen LogP contribution in [0.1, 0.15) is 15.9 Å². The van der Waals surface area contributed by atoms with Crippen LogP contribution >= 0.6 is 0 Å². The largest absolute Gasteiger partial charge is 0.507 e. The summed E-state index contributed by atoms with van der Waals surface area (Å²) >= 11 is 0. The van der Waals surface area contributed by atoms with Crippen LogP contribution in [-0.2, 0) is 0 Å². The number of halogens is 1. The van der Waals surface area contributed by atoms with Gasteiger partial charge in [0.1, 0.15) is 11.6 Å². The number of hydrogen-bond donors (Lipinski definition) is 2. The minimum atomic E-state index is -0.647. The summed E-state index contributed by atoms with van der Waals surface area (Å²) in [5.74, 6) is -1.30. The molecular formula is C13H10FNO2. The Bertz CT molecular complexity index is 581. The third-order valence-corrected chi connectivity index (χ3v) is 2.45. The van der Waals surface area contributed by atoms with Gasteiger partial charge in [-0.25, -0.2) is 4.39 Å². The van der Waals surface area contributed by atoms with Gasteiger partial charge in [-0.3, -0.25) is 4.79 Å². The lowest BCUT2D eigenvalue weighted by Crippen LogP contribution is -2.07. The molecule has 86 valence electrons. The monoisotopic (exact) mass is 231 g/mol. The molecule has 17 heavy (non-hydrogen) atoms. The van der Waals surface area contributed by atoms with Gasteiger partial charge in [0.2, 0.25) is 0 Å². The maximum atomic E-state index is 13.2. The summed E-state index contributed by atoms with van der Waals surface area (Å²) in [6.07, 6.45) is 0. The van der Waals surface area contributed by atoms with E-state index in [1.807, 2.05) is 0 Å². The number of hydrogen-bond acceptors (Lipinski definition) is 3. The van der Waals surface area contributed by atoms with Gasteiger partial charge < -0.3 is 10.8 Å². The highest BCUT2D eigenvalue weighted by molar-refractivity contribution is 6.13. The van der Waals surface area contributed by atoms with E-state index in [4.69, 9.17) is 5.73 Å². The zero-order chi connectivity index (χ0) is 12.4. The highest BCUT2D eigenvalue weighted by Crippen LogP contribution is 2.24. The van der Waals surface area contributed by atoms with E-state index in [1.165, 1.54) is 30.3 Å². The Morgan fingerprint density at radius 2 is 1.71 bits per heavy atom. The lowest BCUT2D eigenvalue weighted by Gasteiger charge is -2.06. The van der Waals surface area contributed by atoms with Gasteiger partial charge >= 0.3 is 0 Å². The van der Waals surface area contributed by atoms with Crippen LogP contribution in [0.5, 0.6) is 5.75 Å². The molecule has 0 bridgehead atoms. The number of anilines is 1.